The minimum atomic E-state index is -0.466. The highest BCUT2D eigenvalue weighted by Gasteiger charge is 2.28. The normalized spacial score (nSPS) is 20.2. The average Bonchev–Trinajstić information content (AvgIpc) is 2.26. The molecule has 1 aromatic rings. The summed E-state index contributed by atoms with van der Waals surface area (Å²) >= 11 is 6.97. The molecule has 1 aliphatic heterocycles. The molecule has 3 nitrogen and oxygen atoms in total. The van der Waals surface area contributed by atoms with Gasteiger partial charge in [-0.05, 0) is 48.0 Å². The predicted octanol–water partition coefficient (Wildman–Crippen LogP) is 3.78. The van der Waals surface area contributed by atoms with Crippen molar-refractivity contribution in [2.24, 2.45) is 0 Å². The molecular formula is C12H15Br2NO2. The van der Waals surface area contributed by atoms with Gasteiger partial charge in [0, 0.05) is 14.6 Å². The highest BCUT2D eigenvalue weighted by Crippen LogP contribution is 2.28. The van der Waals surface area contributed by atoms with Crippen molar-refractivity contribution >= 4 is 37.5 Å². The molecule has 0 atom stereocenters. The van der Waals surface area contributed by atoms with Crippen LogP contribution < -0.4 is 5.32 Å². The van der Waals surface area contributed by atoms with Crippen molar-refractivity contribution in [3.8, 4) is 0 Å². The van der Waals surface area contributed by atoms with Crippen molar-refractivity contribution < 1.29 is 9.47 Å². The molecule has 1 fully saturated rings. The highest BCUT2D eigenvalue weighted by molar-refractivity contribution is 9.11. The first-order chi connectivity index (χ1) is 7.96. The van der Waals surface area contributed by atoms with Gasteiger partial charge >= 0.3 is 0 Å². The Morgan fingerprint density at radius 1 is 1.24 bits per heavy atom. The van der Waals surface area contributed by atoms with Crippen LogP contribution in [0.2, 0.25) is 0 Å². The van der Waals surface area contributed by atoms with E-state index in [-0.39, 0.29) is 6.04 Å². The van der Waals surface area contributed by atoms with Crippen molar-refractivity contribution in [3.05, 3.63) is 27.1 Å². The molecule has 1 saturated heterocycles. The van der Waals surface area contributed by atoms with Gasteiger partial charge in [-0.1, -0.05) is 15.9 Å². The summed E-state index contributed by atoms with van der Waals surface area (Å²) in [5, 5.41) is 3.40. The molecular weight excluding hydrogens is 350 g/mol. The largest absolute Gasteiger partial charge is 0.377 e. The van der Waals surface area contributed by atoms with Crippen LogP contribution in [0.5, 0.6) is 0 Å². The molecule has 0 aliphatic carbocycles. The van der Waals surface area contributed by atoms with Crippen LogP contribution in [0, 0.1) is 0 Å². The van der Waals surface area contributed by atoms with Gasteiger partial charge in [0.2, 0.25) is 0 Å². The SMILES string of the molecule is CC1(C)OCC(Nc2cc(Br)ccc2Br)CO1. The van der Waals surface area contributed by atoms with Gasteiger partial charge in [-0.25, -0.2) is 0 Å². The van der Waals surface area contributed by atoms with Crippen molar-refractivity contribution in [3.63, 3.8) is 0 Å². The third kappa shape index (κ3) is 3.68. The van der Waals surface area contributed by atoms with Gasteiger partial charge in [-0.2, -0.15) is 0 Å². The summed E-state index contributed by atoms with van der Waals surface area (Å²) in [6.45, 7) is 5.15. The summed E-state index contributed by atoms with van der Waals surface area (Å²) in [4.78, 5) is 0. The standard InChI is InChI=1S/C12H15Br2NO2/c1-12(2)16-6-9(7-17-12)15-11-5-8(13)3-4-10(11)14/h3-5,9,15H,6-7H2,1-2H3. The Kier molecular flexibility index (Phi) is 4.13. The van der Waals surface area contributed by atoms with Gasteiger partial charge in [-0.3, -0.25) is 0 Å². The Hall–Kier alpha value is -0.100. The fourth-order valence-electron chi connectivity index (χ4n) is 1.60. The van der Waals surface area contributed by atoms with E-state index < -0.39 is 5.79 Å². The number of halogens is 2. The minimum Gasteiger partial charge on any atom is -0.377 e. The van der Waals surface area contributed by atoms with Gasteiger partial charge in [0.25, 0.3) is 0 Å². The fraction of sp³-hybridized carbons (Fsp3) is 0.500. The lowest BCUT2D eigenvalue weighted by atomic mass is 10.2. The van der Waals surface area contributed by atoms with E-state index in [1.54, 1.807) is 0 Å². The number of hydrogen-bond acceptors (Lipinski definition) is 3. The molecule has 0 unspecified atom stereocenters. The monoisotopic (exact) mass is 363 g/mol. The molecule has 0 radical (unpaired) electrons. The Bertz CT molecular complexity index is 399. The molecule has 2 rings (SSSR count). The molecule has 0 amide bonds. The third-order valence-corrected chi connectivity index (χ3v) is 3.74. The molecule has 1 N–H and O–H groups in total. The molecule has 1 heterocycles. The Labute approximate surface area is 118 Å². The van der Waals surface area contributed by atoms with Crippen LogP contribution in [0.1, 0.15) is 13.8 Å². The van der Waals surface area contributed by atoms with Crippen LogP contribution in [-0.2, 0) is 9.47 Å². The van der Waals surface area contributed by atoms with E-state index in [0.29, 0.717) is 13.2 Å². The maximum atomic E-state index is 5.61. The van der Waals surface area contributed by atoms with E-state index in [1.807, 2.05) is 32.0 Å². The van der Waals surface area contributed by atoms with E-state index in [4.69, 9.17) is 9.47 Å². The van der Waals surface area contributed by atoms with Gasteiger partial charge in [0.1, 0.15) is 0 Å². The summed E-state index contributed by atoms with van der Waals surface area (Å²) < 4.78 is 13.3. The topological polar surface area (TPSA) is 30.5 Å². The van der Waals surface area contributed by atoms with E-state index in [1.165, 1.54) is 0 Å². The zero-order valence-corrected chi connectivity index (χ0v) is 13.0. The summed E-state index contributed by atoms with van der Waals surface area (Å²) in [6.07, 6.45) is 0. The Balaban J connectivity index is 2.00. The molecule has 1 aromatic carbocycles. The highest BCUT2D eigenvalue weighted by atomic mass is 79.9. The lowest BCUT2D eigenvalue weighted by Crippen LogP contribution is -2.45. The molecule has 94 valence electrons. The third-order valence-electron chi connectivity index (χ3n) is 2.55. The van der Waals surface area contributed by atoms with Crippen LogP contribution in [-0.4, -0.2) is 25.0 Å². The lowest BCUT2D eigenvalue weighted by molar-refractivity contribution is -0.247. The summed E-state index contributed by atoms with van der Waals surface area (Å²) in [5.74, 6) is -0.466. The van der Waals surface area contributed by atoms with E-state index in [0.717, 1.165) is 14.6 Å². The predicted molar refractivity (Wildman–Crippen MR) is 75.2 cm³/mol. The van der Waals surface area contributed by atoms with E-state index >= 15 is 0 Å². The molecule has 1 aliphatic rings. The van der Waals surface area contributed by atoms with Crippen LogP contribution in [0.15, 0.2) is 27.1 Å². The molecule has 0 bridgehead atoms. The Morgan fingerprint density at radius 3 is 2.53 bits per heavy atom. The first kappa shape index (κ1) is 13.3. The van der Waals surface area contributed by atoms with Crippen LogP contribution in [0.4, 0.5) is 5.69 Å². The number of nitrogens with one attached hydrogen (secondary N) is 1. The molecule has 17 heavy (non-hydrogen) atoms. The van der Waals surface area contributed by atoms with Gasteiger partial charge in [0.15, 0.2) is 5.79 Å². The fourth-order valence-corrected chi connectivity index (χ4v) is 2.33. The second-order valence-electron chi connectivity index (χ2n) is 4.49. The number of ether oxygens (including phenoxy) is 2. The zero-order chi connectivity index (χ0) is 12.5. The summed E-state index contributed by atoms with van der Waals surface area (Å²) in [7, 11) is 0. The average molecular weight is 365 g/mol. The second kappa shape index (κ2) is 5.26. The van der Waals surface area contributed by atoms with Gasteiger partial charge < -0.3 is 14.8 Å². The molecule has 0 spiro atoms. The summed E-state index contributed by atoms with van der Waals surface area (Å²) in [6, 6.07) is 6.20. The number of benzene rings is 1. The zero-order valence-electron chi connectivity index (χ0n) is 9.80. The number of rotatable bonds is 2. The number of hydrogen-bond donors (Lipinski definition) is 1. The van der Waals surface area contributed by atoms with Crippen LogP contribution >= 0.6 is 31.9 Å². The first-order valence-corrected chi connectivity index (χ1v) is 7.04. The molecule has 5 heteroatoms. The van der Waals surface area contributed by atoms with Crippen molar-refractivity contribution in [1.29, 1.82) is 0 Å². The summed E-state index contributed by atoms with van der Waals surface area (Å²) in [5.41, 5.74) is 1.04. The molecule has 0 aromatic heterocycles. The second-order valence-corrected chi connectivity index (χ2v) is 6.26. The minimum absolute atomic E-state index is 0.175. The maximum Gasteiger partial charge on any atom is 0.162 e. The van der Waals surface area contributed by atoms with Crippen molar-refractivity contribution in [2.75, 3.05) is 18.5 Å². The quantitative estimate of drug-likeness (QED) is 0.866. The Morgan fingerprint density at radius 2 is 1.88 bits per heavy atom. The smallest absolute Gasteiger partial charge is 0.162 e. The van der Waals surface area contributed by atoms with Crippen LogP contribution in [0.3, 0.4) is 0 Å². The van der Waals surface area contributed by atoms with Crippen molar-refractivity contribution in [2.45, 2.75) is 25.7 Å². The molecule has 0 saturated carbocycles. The number of anilines is 1. The lowest BCUT2D eigenvalue weighted by Gasteiger charge is -2.35. The first-order valence-electron chi connectivity index (χ1n) is 5.46. The van der Waals surface area contributed by atoms with Crippen molar-refractivity contribution in [1.82, 2.24) is 0 Å². The van der Waals surface area contributed by atoms with Crippen LogP contribution in [0.25, 0.3) is 0 Å². The van der Waals surface area contributed by atoms with Gasteiger partial charge in [0.05, 0.1) is 19.3 Å². The van der Waals surface area contributed by atoms with Gasteiger partial charge in [-0.15, -0.1) is 0 Å². The van der Waals surface area contributed by atoms with E-state index in [2.05, 4.69) is 37.2 Å². The van der Waals surface area contributed by atoms with E-state index in [9.17, 15) is 0 Å². The maximum absolute atomic E-state index is 5.61.